The van der Waals surface area contributed by atoms with Gasteiger partial charge in [0.1, 0.15) is 11.6 Å². The van der Waals surface area contributed by atoms with Gasteiger partial charge in [-0.05, 0) is 18.6 Å². The molecule has 0 aliphatic heterocycles. The molecule has 0 unspecified atom stereocenters. The molecule has 0 bridgehead atoms. The molecule has 1 N–H and O–H groups in total. The Balaban J connectivity index is 2.63. The van der Waals surface area contributed by atoms with E-state index >= 15 is 0 Å². The molecule has 3 heteroatoms. The number of ether oxygens (including phenoxy) is 1. The molecule has 0 aromatic heterocycles. The van der Waals surface area contributed by atoms with Crippen LogP contribution in [0.4, 0.5) is 4.39 Å². The van der Waals surface area contributed by atoms with Crippen molar-refractivity contribution >= 4 is 0 Å². The molecule has 0 spiro atoms. The number of benzene rings is 1. The maximum Gasteiger partial charge on any atom is 0.142 e. The molecule has 2 nitrogen and oxygen atoms in total. The zero-order chi connectivity index (χ0) is 12.5. The Hall–Kier alpha value is -1.53. The van der Waals surface area contributed by atoms with E-state index in [-0.39, 0.29) is 12.4 Å². The Kier molecular flexibility index (Phi) is 6.13. The zero-order valence-corrected chi connectivity index (χ0v) is 10.0. The van der Waals surface area contributed by atoms with Gasteiger partial charge < -0.3 is 9.84 Å². The van der Waals surface area contributed by atoms with Crippen molar-refractivity contribution < 1.29 is 14.2 Å². The molecule has 0 saturated carbocycles. The van der Waals surface area contributed by atoms with Gasteiger partial charge in [0, 0.05) is 12.5 Å². The highest BCUT2D eigenvalue weighted by Gasteiger charge is 2.01. The number of hydrogen-bond acceptors (Lipinski definition) is 2. The number of aliphatic hydroxyl groups excluding tert-OH is 1. The molecule has 0 fully saturated rings. The van der Waals surface area contributed by atoms with E-state index in [2.05, 4.69) is 18.8 Å². The summed E-state index contributed by atoms with van der Waals surface area (Å²) in [6.07, 6.45) is 2.36. The van der Waals surface area contributed by atoms with Crippen molar-refractivity contribution in [1.82, 2.24) is 0 Å². The van der Waals surface area contributed by atoms with Crippen LogP contribution in [-0.2, 0) is 0 Å². The van der Waals surface area contributed by atoms with Crippen LogP contribution in [0.2, 0.25) is 0 Å². The van der Waals surface area contributed by atoms with Gasteiger partial charge in [-0.15, -0.1) is 0 Å². The molecule has 0 heterocycles. The topological polar surface area (TPSA) is 29.5 Å². The smallest absolute Gasteiger partial charge is 0.142 e. The summed E-state index contributed by atoms with van der Waals surface area (Å²) in [5.41, 5.74) is 0.335. The van der Waals surface area contributed by atoms with Gasteiger partial charge in [0.2, 0.25) is 0 Å². The van der Waals surface area contributed by atoms with Crippen LogP contribution in [0, 0.1) is 17.7 Å². The van der Waals surface area contributed by atoms with E-state index in [1.165, 1.54) is 6.07 Å². The fourth-order valence-corrected chi connectivity index (χ4v) is 1.23. The summed E-state index contributed by atoms with van der Waals surface area (Å²) in [5, 5.41) is 8.56. The fourth-order valence-electron chi connectivity index (χ4n) is 1.23. The SMILES string of the molecule is CCCCOc1ccc(C#CCCO)c(F)c1. The van der Waals surface area contributed by atoms with Gasteiger partial charge in [-0.1, -0.05) is 25.2 Å². The third-order valence-electron chi connectivity index (χ3n) is 2.17. The van der Waals surface area contributed by atoms with Gasteiger partial charge in [-0.25, -0.2) is 4.39 Å². The Bertz CT molecular complexity index is 404. The Morgan fingerprint density at radius 2 is 2.24 bits per heavy atom. The number of hydrogen-bond donors (Lipinski definition) is 1. The van der Waals surface area contributed by atoms with Crippen LogP contribution in [0.1, 0.15) is 31.7 Å². The first kappa shape index (κ1) is 13.5. The molecule has 1 aromatic carbocycles. The Morgan fingerprint density at radius 1 is 1.41 bits per heavy atom. The second kappa shape index (κ2) is 7.70. The second-order valence-electron chi connectivity index (χ2n) is 3.62. The first-order valence-electron chi connectivity index (χ1n) is 5.80. The van der Waals surface area contributed by atoms with Crippen molar-refractivity contribution in [3.05, 3.63) is 29.6 Å². The summed E-state index contributed by atoms with van der Waals surface area (Å²) >= 11 is 0. The van der Waals surface area contributed by atoms with Crippen LogP contribution in [0.5, 0.6) is 5.75 Å². The molecular formula is C14H17FO2. The summed E-state index contributed by atoms with van der Waals surface area (Å²) in [6, 6.07) is 4.65. The van der Waals surface area contributed by atoms with Crippen molar-refractivity contribution in [2.24, 2.45) is 0 Å². The Labute approximate surface area is 101 Å². The third-order valence-corrected chi connectivity index (χ3v) is 2.17. The molecule has 0 aliphatic carbocycles. The van der Waals surface area contributed by atoms with Crippen molar-refractivity contribution in [3.63, 3.8) is 0 Å². The summed E-state index contributed by atoms with van der Waals surface area (Å²) in [4.78, 5) is 0. The molecule has 0 atom stereocenters. The van der Waals surface area contributed by atoms with E-state index in [1.54, 1.807) is 12.1 Å². The van der Waals surface area contributed by atoms with Gasteiger partial charge in [0.05, 0.1) is 18.8 Å². The quantitative estimate of drug-likeness (QED) is 0.629. The maximum atomic E-state index is 13.5. The molecule has 17 heavy (non-hydrogen) atoms. The number of aliphatic hydroxyl groups is 1. The molecule has 1 aromatic rings. The van der Waals surface area contributed by atoms with Gasteiger partial charge in [-0.2, -0.15) is 0 Å². The minimum Gasteiger partial charge on any atom is -0.493 e. The molecule has 92 valence electrons. The number of rotatable bonds is 5. The molecule has 1 rings (SSSR count). The van der Waals surface area contributed by atoms with Crippen LogP contribution in [0.3, 0.4) is 0 Å². The van der Waals surface area contributed by atoms with Crippen LogP contribution < -0.4 is 4.74 Å². The molecule has 0 aliphatic rings. The van der Waals surface area contributed by atoms with E-state index in [4.69, 9.17) is 9.84 Å². The van der Waals surface area contributed by atoms with E-state index in [0.29, 0.717) is 24.3 Å². The van der Waals surface area contributed by atoms with Crippen molar-refractivity contribution in [1.29, 1.82) is 0 Å². The molecule has 0 radical (unpaired) electrons. The highest BCUT2D eigenvalue weighted by Crippen LogP contribution is 2.16. The van der Waals surface area contributed by atoms with Crippen molar-refractivity contribution in [2.75, 3.05) is 13.2 Å². The van der Waals surface area contributed by atoms with Crippen LogP contribution in [-0.4, -0.2) is 18.3 Å². The van der Waals surface area contributed by atoms with Crippen LogP contribution in [0.15, 0.2) is 18.2 Å². The van der Waals surface area contributed by atoms with Gasteiger partial charge in [0.15, 0.2) is 0 Å². The summed E-state index contributed by atoms with van der Waals surface area (Å²) in [7, 11) is 0. The van der Waals surface area contributed by atoms with E-state index in [1.807, 2.05) is 0 Å². The largest absolute Gasteiger partial charge is 0.493 e. The molecule has 0 saturated heterocycles. The molecular weight excluding hydrogens is 219 g/mol. The standard InChI is InChI=1S/C14H17FO2/c1-2-3-10-17-13-8-7-12(14(15)11-13)6-4-5-9-16/h7-8,11,16H,2-3,5,9-10H2,1H3. The van der Waals surface area contributed by atoms with Crippen LogP contribution >= 0.6 is 0 Å². The first-order valence-corrected chi connectivity index (χ1v) is 5.80. The zero-order valence-electron chi connectivity index (χ0n) is 10.0. The van der Waals surface area contributed by atoms with Gasteiger partial charge in [0.25, 0.3) is 0 Å². The number of unbranched alkanes of at least 4 members (excludes halogenated alkanes) is 1. The lowest BCUT2D eigenvalue weighted by Gasteiger charge is -2.05. The lowest BCUT2D eigenvalue weighted by molar-refractivity contribution is 0.305. The number of halogens is 1. The van der Waals surface area contributed by atoms with Crippen molar-refractivity contribution in [2.45, 2.75) is 26.2 Å². The Morgan fingerprint density at radius 3 is 2.88 bits per heavy atom. The van der Waals surface area contributed by atoms with Crippen LogP contribution in [0.25, 0.3) is 0 Å². The fraction of sp³-hybridized carbons (Fsp3) is 0.429. The van der Waals surface area contributed by atoms with E-state index < -0.39 is 0 Å². The average Bonchev–Trinajstić information content (AvgIpc) is 2.32. The third kappa shape index (κ3) is 4.88. The lowest BCUT2D eigenvalue weighted by atomic mass is 10.2. The first-order chi connectivity index (χ1) is 8.27. The lowest BCUT2D eigenvalue weighted by Crippen LogP contribution is -1.97. The molecule has 0 amide bonds. The van der Waals surface area contributed by atoms with E-state index in [9.17, 15) is 4.39 Å². The normalized spacial score (nSPS) is 9.59. The monoisotopic (exact) mass is 236 g/mol. The average molecular weight is 236 g/mol. The highest BCUT2D eigenvalue weighted by atomic mass is 19.1. The predicted molar refractivity (Wildman–Crippen MR) is 65.4 cm³/mol. The van der Waals surface area contributed by atoms with Crippen molar-refractivity contribution in [3.8, 4) is 17.6 Å². The van der Waals surface area contributed by atoms with Gasteiger partial charge >= 0.3 is 0 Å². The minimum absolute atomic E-state index is 0.00711. The van der Waals surface area contributed by atoms with E-state index in [0.717, 1.165) is 12.8 Å². The summed E-state index contributed by atoms with van der Waals surface area (Å²) in [6.45, 7) is 2.67. The van der Waals surface area contributed by atoms with Gasteiger partial charge in [-0.3, -0.25) is 0 Å². The second-order valence-corrected chi connectivity index (χ2v) is 3.62. The summed E-state index contributed by atoms with van der Waals surface area (Å²) in [5.74, 6) is 5.50. The highest BCUT2D eigenvalue weighted by molar-refractivity contribution is 5.39. The maximum absolute atomic E-state index is 13.5. The minimum atomic E-state index is -0.385. The predicted octanol–water partition coefficient (Wildman–Crippen LogP) is 2.74. The summed E-state index contributed by atoms with van der Waals surface area (Å²) < 4.78 is 18.9.